The SMILES string of the molecule is CCOC(=O)C1CCCN(C(=O)c2cc(C)c(C)o2)C1. The van der Waals surface area contributed by atoms with Gasteiger partial charge in [-0.15, -0.1) is 0 Å². The molecule has 0 N–H and O–H groups in total. The van der Waals surface area contributed by atoms with Gasteiger partial charge >= 0.3 is 5.97 Å². The number of amides is 1. The number of hydrogen-bond donors (Lipinski definition) is 0. The molecule has 20 heavy (non-hydrogen) atoms. The minimum absolute atomic E-state index is 0.143. The molecule has 1 aromatic heterocycles. The average molecular weight is 279 g/mol. The summed E-state index contributed by atoms with van der Waals surface area (Å²) in [7, 11) is 0. The van der Waals surface area contributed by atoms with Crippen molar-refractivity contribution in [1.29, 1.82) is 0 Å². The number of piperidine rings is 1. The van der Waals surface area contributed by atoms with Crippen LogP contribution in [0.25, 0.3) is 0 Å². The van der Waals surface area contributed by atoms with E-state index in [1.165, 1.54) is 0 Å². The smallest absolute Gasteiger partial charge is 0.310 e. The Bertz CT molecular complexity index is 486. The first-order valence-corrected chi connectivity index (χ1v) is 7.05. The monoisotopic (exact) mass is 279 g/mol. The molecule has 1 fully saturated rings. The van der Waals surface area contributed by atoms with Crippen LogP contribution >= 0.6 is 0 Å². The number of carbonyl (C=O) groups is 2. The van der Waals surface area contributed by atoms with Gasteiger partial charge in [0.15, 0.2) is 5.76 Å². The van der Waals surface area contributed by atoms with Gasteiger partial charge in [0.2, 0.25) is 0 Å². The number of rotatable bonds is 3. The number of likely N-dealkylation sites (tertiary alicyclic amines) is 1. The highest BCUT2D eigenvalue weighted by Gasteiger charge is 2.31. The maximum absolute atomic E-state index is 12.4. The second kappa shape index (κ2) is 6.11. The van der Waals surface area contributed by atoms with Gasteiger partial charge in [-0.25, -0.2) is 0 Å². The number of esters is 1. The van der Waals surface area contributed by atoms with Crippen LogP contribution in [0.1, 0.15) is 41.6 Å². The van der Waals surface area contributed by atoms with E-state index in [2.05, 4.69) is 0 Å². The van der Waals surface area contributed by atoms with E-state index in [0.717, 1.165) is 24.2 Å². The number of furan rings is 1. The summed E-state index contributed by atoms with van der Waals surface area (Å²) in [5, 5.41) is 0. The van der Waals surface area contributed by atoms with Crippen LogP contribution in [0.5, 0.6) is 0 Å². The predicted octanol–water partition coefficient (Wildman–Crippen LogP) is 2.31. The Morgan fingerprint density at radius 3 is 2.80 bits per heavy atom. The van der Waals surface area contributed by atoms with Crippen molar-refractivity contribution in [1.82, 2.24) is 4.90 Å². The van der Waals surface area contributed by atoms with Crippen LogP contribution in [0, 0.1) is 19.8 Å². The number of carbonyl (C=O) groups excluding carboxylic acids is 2. The van der Waals surface area contributed by atoms with Gasteiger partial charge in [-0.2, -0.15) is 0 Å². The van der Waals surface area contributed by atoms with Gasteiger partial charge in [-0.3, -0.25) is 9.59 Å². The summed E-state index contributed by atoms with van der Waals surface area (Å²) < 4.78 is 10.5. The molecule has 2 rings (SSSR count). The van der Waals surface area contributed by atoms with E-state index in [-0.39, 0.29) is 17.8 Å². The third kappa shape index (κ3) is 3.03. The van der Waals surface area contributed by atoms with Gasteiger partial charge in [-0.1, -0.05) is 0 Å². The molecule has 0 radical (unpaired) electrons. The molecule has 0 saturated carbocycles. The Labute approximate surface area is 118 Å². The van der Waals surface area contributed by atoms with E-state index < -0.39 is 0 Å². The summed E-state index contributed by atoms with van der Waals surface area (Å²) in [6.07, 6.45) is 1.59. The molecular weight excluding hydrogens is 258 g/mol. The van der Waals surface area contributed by atoms with Gasteiger partial charge < -0.3 is 14.1 Å². The zero-order chi connectivity index (χ0) is 14.7. The van der Waals surface area contributed by atoms with E-state index in [1.54, 1.807) is 17.9 Å². The van der Waals surface area contributed by atoms with Crippen LogP contribution in [-0.2, 0) is 9.53 Å². The lowest BCUT2D eigenvalue weighted by Crippen LogP contribution is -2.42. The number of aryl methyl sites for hydroxylation is 2. The van der Waals surface area contributed by atoms with Crippen LogP contribution in [-0.4, -0.2) is 36.5 Å². The Morgan fingerprint density at radius 1 is 1.45 bits per heavy atom. The van der Waals surface area contributed by atoms with Crippen molar-refractivity contribution in [2.75, 3.05) is 19.7 Å². The number of hydrogen-bond acceptors (Lipinski definition) is 4. The minimum atomic E-state index is -0.218. The molecule has 0 aliphatic carbocycles. The molecule has 1 amide bonds. The fourth-order valence-electron chi connectivity index (χ4n) is 2.45. The summed E-state index contributed by atoms with van der Waals surface area (Å²) in [5.41, 5.74) is 0.965. The first kappa shape index (κ1) is 14.6. The molecule has 1 unspecified atom stereocenters. The Balaban J connectivity index is 2.05. The molecule has 0 aromatic carbocycles. The summed E-state index contributed by atoms with van der Waals surface area (Å²) in [6.45, 7) is 6.98. The lowest BCUT2D eigenvalue weighted by molar-refractivity contribution is -0.149. The van der Waals surface area contributed by atoms with Gasteiger partial charge in [0.25, 0.3) is 5.91 Å². The highest BCUT2D eigenvalue weighted by molar-refractivity contribution is 5.92. The molecule has 1 aliphatic rings. The largest absolute Gasteiger partial charge is 0.466 e. The molecule has 0 bridgehead atoms. The number of ether oxygens (including phenoxy) is 1. The number of nitrogens with zero attached hydrogens (tertiary/aromatic N) is 1. The van der Waals surface area contributed by atoms with Crippen molar-refractivity contribution in [2.45, 2.75) is 33.6 Å². The van der Waals surface area contributed by atoms with Crippen LogP contribution in [0.4, 0.5) is 0 Å². The summed E-state index contributed by atoms with van der Waals surface area (Å²) >= 11 is 0. The third-order valence-corrected chi connectivity index (χ3v) is 3.71. The van der Waals surface area contributed by atoms with E-state index in [0.29, 0.717) is 25.5 Å². The van der Waals surface area contributed by atoms with Crippen molar-refractivity contribution < 1.29 is 18.7 Å². The van der Waals surface area contributed by atoms with E-state index in [4.69, 9.17) is 9.15 Å². The van der Waals surface area contributed by atoms with Gasteiger partial charge in [0, 0.05) is 13.1 Å². The van der Waals surface area contributed by atoms with Crippen LogP contribution in [0.3, 0.4) is 0 Å². The predicted molar refractivity (Wildman–Crippen MR) is 73.4 cm³/mol. The minimum Gasteiger partial charge on any atom is -0.466 e. The van der Waals surface area contributed by atoms with E-state index >= 15 is 0 Å². The fourth-order valence-corrected chi connectivity index (χ4v) is 2.45. The molecule has 1 atom stereocenters. The zero-order valence-electron chi connectivity index (χ0n) is 12.3. The quantitative estimate of drug-likeness (QED) is 0.797. The maximum atomic E-state index is 12.4. The fraction of sp³-hybridized carbons (Fsp3) is 0.600. The summed E-state index contributed by atoms with van der Waals surface area (Å²) in [5.74, 6) is 0.536. The van der Waals surface area contributed by atoms with Crippen molar-refractivity contribution in [3.8, 4) is 0 Å². The average Bonchev–Trinajstić information content (AvgIpc) is 2.78. The summed E-state index contributed by atoms with van der Waals surface area (Å²) in [6, 6.07) is 1.76. The van der Waals surface area contributed by atoms with Crippen LogP contribution < -0.4 is 0 Å². The van der Waals surface area contributed by atoms with Crippen molar-refractivity contribution in [3.63, 3.8) is 0 Å². The molecule has 110 valence electrons. The van der Waals surface area contributed by atoms with Gasteiger partial charge in [0.1, 0.15) is 5.76 Å². The molecule has 2 heterocycles. The molecule has 0 spiro atoms. The molecule has 1 aliphatic heterocycles. The Morgan fingerprint density at radius 2 is 2.20 bits per heavy atom. The topological polar surface area (TPSA) is 59.8 Å². The van der Waals surface area contributed by atoms with E-state index in [9.17, 15) is 9.59 Å². The maximum Gasteiger partial charge on any atom is 0.310 e. The lowest BCUT2D eigenvalue weighted by atomic mass is 9.98. The Hall–Kier alpha value is -1.78. The third-order valence-electron chi connectivity index (χ3n) is 3.71. The first-order valence-electron chi connectivity index (χ1n) is 7.05. The normalized spacial score (nSPS) is 18.9. The van der Waals surface area contributed by atoms with Crippen molar-refractivity contribution in [3.05, 3.63) is 23.2 Å². The van der Waals surface area contributed by atoms with Crippen LogP contribution in [0.2, 0.25) is 0 Å². The van der Waals surface area contributed by atoms with Gasteiger partial charge in [0.05, 0.1) is 12.5 Å². The molecule has 5 nitrogen and oxygen atoms in total. The zero-order valence-corrected chi connectivity index (χ0v) is 12.3. The standard InChI is InChI=1S/C15H21NO4/c1-4-19-15(18)12-6-5-7-16(9-12)14(17)13-8-10(2)11(3)20-13/h8,12H,4-7,9H2,1-3H3. The molecule has 1 saturated heterocycles. The lowest BCUT2D eigenvalue weighted by Gasteiger charge is -2.30. The van der Waals surface area contributed by atoms with Crippen LogP contribution in [0.15, 0.2) is 10.5 Å². The summed E-state index contributed by atoms with van der Waals surface area (Å²) in [4.78, 5) is 25.8. The first-order chi connectivity index (χ1) is 9.52. The Kier molecular flexibility index (Phi) is 4.47. The molecule has 5 heteroatoms. The molecule has 1 aromatic rings. The van der Waals surface area contributed by atoms with Crippen molar-refractivity contribution >= 4 is 11.9 Å². The van der Waals surface area contributed by atoms with Crippen molar-refractivity contribution in [2.24, 2.45) is 5.92 Å². The highest BCUT2D eigenvalue weighted by Crippen LogP contribution is 2.21. The second-order valence-corrected chi connectivity index (χ2v) is 5.19. The van der Waals surface area contributed by atoms with Gasteiger partial charge in [-0.05, 0) is 45.2 Å². The second-order valence-electron chi connectivity index (χ2n) is 5.19. The molecular formula is C15H21NO4. The highest BCUT2D eigenvalue weighted by atomic mass is 16.5. The van der Waals surface area contributed by atoms with E-state index in [1.807, 2.05) is 13.8 Å².